The molecule has 0 radical (unpaired) electrons. The molecule has 1 aliphatic heterocycles. The molecular formula is C9H11ClN2O2S. The van der Waals surface area contributed by atoms with Gasteiger partial charge in [-0.05, 0) is 19.4 Å². The average Bonchev–Trinajstić information content (AvgIpc) is 2.44. The van der Waals surface area contributed by atoms with Gasteiger partial charge in [0.15, 0.2) is 9.84 Å². The molecule has 0 spiro atoms. The third-order valence-electron chi connectivity index (χ3n) is 2.44. The molecule has 0 amide bonds. The van der Waals surface area contributed by atoms with Crippen LogP contribution in [0.2, 0.25) is 5.15 Å². The first-order valence-electron chi connectivity index (χ1n) is 4.68. The van der Waals surface area contributed by atoms with Crippen molar-refractivity contribution in [1.29, 1.82) is 0 Å². The zero-order valence-electron chi connectivity index (χ0n) is 8.27. The lowest BCUT2D eigenvalue weighted by Gasteiger charge is -2.06. The van der Waals surface area contributed by atoms with Crippen LogP contribution in [0, 0.1) is 6.92 Å². The van der Waals surface area contributed by atoms with Gasteiger partial charge in [-0.1, -0.05) is 11.6 Å². The highest BCUT2D eigenvalue weighted by molar-refractivity contribution is 7.91. The Bertz CT molecular complexity index is 467. The zero-order chi connectivity index (χ0) is 11.1. The van der Waals surface area contributed by atoms with E-state index in [1.165, 1.54) is 0 Å². The molecule has 1 saturated heterocycles. The van der Waals surface area contributed by atoms with Crippen molar-refractivity contribution in [2.24, 2.45) is 0 Å². The van der Waals surface area contributed by atoms with Crippen LogP contribution in [0.5, 0.6) is 0 Å². The minimum Gasteiger partial charge on any atom is -0.238 e. The average molecular weight is 247 g/mol. The van der Waals surface area contributed by atoms with Gasteiger partial charge in [0.25, 0.3) is 0 Å². The minimum atomic E-state index is -2.89. The van der Waals surface area contributed by atoms with Crippen LogP contribution in [0.3, 0.4) is 0 Å². The molecule has 1 aromatic heterocycles. The summed E-state index contributed by atoms with van der Waals surface area (Å²) in [7, 11) is -2.89. The van der Waals surface area contributed by atoms with Crippen molar-refractivity contribution >= 4 is 21.4 Å². The Morgan fingerprint density at radius 2 is 2.20 bits per heavy atom. The quantitative estimate of drug-likeness (QED) is 0.702. The van der Waals surface area contributed by atoms with E-state index in [4.69, 9.17) is 11.6 Å². The number of hydrogen-bond acceptors (Lipinski definition) is 4. The minimum absolute atomic E-state index is 0.0904. The second-order valence-corrected chi connectivity index (χ2v) is 6.41. The smallest absolute Gasteiger partial charge is 0.151 e. The lowest BCUT2D eigenvalue weighted by molar-refractivity contribution is 0.601. The predicted molar refractivity (Wildman–Crippen MR) is 57.8 cm³/mol. The second-order valence-electron chi connectivity index (χ2n) is 3.79. The fourth-order valence-electron chi connectivity index (χ4n) is 1.73. The number of rotatable bonds is 1. The van der Waals surface area contributed by atoms with E-state index in [0.717, 1.165) is 5.69 Å². The van der Waals surface area contributed by atoms with Crippen LogP contribution in [0.25, 0.3) is 0 Å². The molecule has 0 N–H and O–H groups in total. The summed E-state index contributed by atoms with van der Waals surface area (Å²) in [4.78, 5) is 8.29. The number of aryl methyl sites for hydroxylation is 1. The van der Waals surface area contributed by atoms with E-state index in [1.54, 1.807) is 6.07 Å². The van der Waals surface area contributed by atoms with Gasteiger partial charge in [-0.3, -0.25) is 0 Å². The maximum absolute atomic E-state index is 11.3. The van der Waals surface area contributed by atoms with E-state index in [0.29, 0.717) is 17.4 Å². The van der Waals surface area contributed by atoms with Crippen LogP contribution in [0.1, 0.15) is 23.9 Å². The van der Waals surface area contributed by atoms with E-state index >= 15 is 0 Å². The molecule has 0 aromatic carbocycles. The van der Waals surface area contributed by atoms with E-state index in [2.05, 4.69) is 9.97 Å². The monoisotopic (exact) mass is 246 g/mol. The van der Waals surface area contributed by atoms with Gasteiger partial charge in [-0.15, -0.1) is 0 Å². The van der Waals surface area contributed by atoms with Crippen molar-refractivity contribution < 1.29 is 8.42 Å². The Kier molecular flexibility index (Phi) is 2.68. The number of nitrogens with zero attached hydrogens (tertiary/aromatic N) is 2. The van der Waals surface area contributed by atoms with E-state index in [1.807, 2.05) is 6.92 Å². The number of sulfone groups is 1. The fourth-order valence-corrected chi connectivity index (χ4v) is 3.72. The molecule has 0 saturated carbocycles. The molecule has 2 rings (SSSR count). The SMILES string of the molecule is Cc1cc(Cl)nc(C2CCS(=O)(=O)C2)n1. The molecule has 2 heterocycles. The molecule has 0 bridgehead atoms. The lowest BCUT2D eigenvalue weighted by Crippen LogP contribution is -2.08. The number of aromatic nitrogens is 2. The van der Waals surface area contributed by atoms with Gasteiger partial charge in [-0.25, -0.2) is 18.4 Å². The van der Waals surface area contributed by atoms with Crippen LogP contribution < -0.4 is 0 Å². The Morgan fingerprint density at radius 3 is 2.73 bits per heavy atom. The molecule has 1 fully saturated rings. The van der Waals surface area contributed by atoms with Gasteiger partial charge >= 0.3 is 0 Å². The summed E-state index contributed by atoms with van der Waals surface area (Å²) in [5, 5.41) is 0.377. The first-order valence-corrected chi connectivity index (χ1v) is 6.88. The van der Waals surface area contributed by atoms with Crippen molar-refractivity contribution in [3.05, 3.63) is 22.7 Å². The van der Waals surface area contributed by atoms with Crippen LogP contribution in [0.15, 0.2) is 6.07 Å². The molecule has 15 heavy (non-hydrogen) atoms. The lowest BCUT2D eigenvalue weighted by atomic mass is 10.1. The van der Waals surface area contributed by atoms with Crippen molar-refractivity contribution in [3.8, 4) is 0 Å². The molecule has 4 nitrogen and oxygen atoms in total. The first kappa shape index (κ1) is 10.8. The van der Waals surface area contributed by atoms with E-state index in [-0.39, 0.29) is 17.4 Å². The zero-order valence-corrected chi connectivity index (χ0v) is 9.85. The third-order valence-corrected chi connectivity index (χ3v) is 4.40. The molecule has 6 heteroatoms. The van der Waals surface area contributed by atoms with Gasteiger partial charge in [0.2, 0.25) is 0 Å². The Balaban J connectivity index is 2.31. The normalized spacial score (nSPS) is 24.3. The Hall–Kier alpha value is -0.680. The van der Waals surface area contributed by atoms with Crippen LogP contribution in [-0.2, 0) is 9.84 Å². The standard InChI is InChI=1S/C9H11ClN2O2S/c1-6-4-8(10)12-9(11-6)7-2-3-15(13,14)5-7/h4,7H,2-3,5H2,1H3. The highest BCUT2D eigenvalue weighted by Gasteiger charge is 2.31. The van der Waals surface area contributed by atoms with Gasteiger partial charge in [0.1, 0.15) is 11.0 Å². The summed E-state index contributed by atoms with van der Waals surface area (Å²) in [5.74, 6) is 0.841. The van der Waals surface area contributed by atoms with Gasteiger partial charge < -0.3 is 0 Å². The molecule has 1 atom stereocenters. The molecule has 1 aliphatic rings. The summed E-state index contributed by atoms with van der Waals surface area (Å²) < 4.78 is 22.6. The summed E-state index contributed by atoms with van der Waals surface area (Å²) >= 11 is 5.80. The van der Waals surface area contributed by atoms with Gasteiger partial charge in [-0.2, -0.15) is 0 Å². The number of hydrogen-bond donors (Lipinski definition) is 0. The van der Waals surface area contributed by atoms with Gasteiger partial charge in [0.05, 0.1) is 11.5 Å². The van der Waals surface area contributed by atoms with Crippen molar-refractivity contribution in [1.82, 2.24) is 9.97 Å². The van der Waals surface area contributed by atoms with Crippen LogP contribution in [-0.4, -0.2) is 29.9 Å². The van der Waals surface area contributed by atoms with E-state index in [9.17, 15) is 8.42 Å². The molecule has 0 aliphatic carbocycles. The summed E-state index contributed by atoms with van der Waals surface area (Å²) in [6.07, 6.45) is 0.599. The van der Waals surface area contributed by atoms with Crippen molar-refractivity contribution in [2.45, 2.75) is 19.3 Å². The largest absolute Gasteiger partial charge is 0.238 e. The molecule has 1 aromatic rings. The summed E-state index contributed by atoms with van der Waals surface area (Å²) in [5.41, 5.74) is 0.772. The van der Waals surface area contributed by atoms with Crippen molar-refractivity contribution in [3.63, 3.8) is 0 Å². The van der Waals surface area contributed by atoms with Crippen LogP contribution in [0.4, 0.5) is 0 Å². The van der Waals surface area contributed by atoms with Gasteiger partial charge in [0, 0.05) is 11.6 Å². The maximum atomic E-state index is 11.3. The molecule has 82 valence electrons. The third kappa shape index (κ3) is 2.46. The summed E-state index contributed by atoms with van der Waals surface area (Å²) in [6.45, 7) is 1.82. The highest BCUT2D eigenvalue weighted by atomic mass is 35.5. The first-order chi connectivity index (χ1) is 6.96. The summed E-state index contributed by atoms with van der Waals surface area (Å²) in [6, 6.07) is 1.66. The molecular weight excluding hydrogens is 236 g/mol. The number of halogens is 1. The molecule has 1 unspecified atom stereocenters. The fraction of sp³-hybridized carbons (Fsp3) is 0.556. The van der Waals surface area contributed by atoms with Crippen molar-refractivity contribution in [2.75, 3.05) is 11.5 Å². The van der Waals surface area contributed by atoms with E-state index < -0.39 is 9.84 Å². The topological polar surface area (TPSA) is 59.9 Å². The predicted octanol–water partition coefficient (Wildman–Crippen LogP) is 1.34. The Labute approximate surface area is 93.6 Å². The van der Waals surface area contributed by atoms with Crippen LogP contribution >= 0.6 is 11.6 Å². The highest BCUT2D eigenvalue weighted by Crippen LogP contribution is 2.27. The second kappa shape index (κ2) is 3.72. The Morgan fingerprint density at radius 1 is 1.47 bits per heavy atom. The maximum Gasteiger partial charge on any atom is 0.151 e.